The van der Waals surface area contributed by atoms with Crippen molar-refractivity contribution in [3.05, 3.63) is 15.8 Å². The van der Waals surface area contributed by atoms with Crippen LogP contribution in [-0.4, -0.2) is 33.1 Å². The van der Waals surface area contributed by atoms with Crippen LogP contribution in [0.3, 0.4) is 0 Å². The van der Waals surface area contributed by atoms with Crippen LogP contribution < -0.4 is 16.6 Å². The maximum absolute atomic E-state index is 11.0. The smallest absolute Gasteiger partial charge is 0.332 e. The summed E-state index contributed by atoms with van der Waals surface area (Å²) in [7, 11) is 0. The molecule has 0 radical (unpaired) electrons. The Kier molecular flexibility index (Phi) is 3.49. The first-order valence-corrected chi connectivity index (χ1v) is 5.86. The third kappa shape index (κ3) is 2.71. The van der Waals surface area contributed by atoms with Crippen molar-refractivity contribution in [1.29, 1.82) is 0 Å². The van der Waals surface area contributed by atoms with Gasteiger partial charge < -0.3 is 10.4 Å². The van der Waals surface area contributed by atoms with Crippen LogP contribution in [0.2, 0.25) is 0 Å². The molecular formula is C10H16N6O3. The van der Waals surface area contributed by atoms with Gasteiger partial charge in [-0.15, -0.1) is 0 Å². The number of nitrogens with one attached hydrogen (secondary N) is 2. The van der Waals surface area contributed by atoms with Crippen molar-refractivity contribution in [3.63, 3.8) is 0 Å². The molecule has 0 amide bonds. The molecule has 1 aliphatic rings. The highest BCUT2D eigenvalue weighted by atomic mass is 16.6. The molecule has 0 aliphatic heterocycles. The van der Waals surface area contributed by atoms with Gasteiger partial charge in [-0.05, 0) is 19.8 Å². The van der Waals surface area contributed by atoms with Gasteiger partial charge in [0, 0.05) is 12.0 Å². The normalized spacial score (nSPS) is 15.9. The minimum Gasteiger partial charge on any atom is -0.396 e. The molecule has 0 saturated heterocycles. The number of nitrogens with zero attached hydrogens (tertiary/aromatic N) is 3. The zero-order chi connectivity index (χ0) is 14.0. The SMILES string of the molecule is Cc1nc(NN)nc(NCC2(CO)CC2)c1[N+](=O)[O-]. The Morgan fingerprint density at radius 2 is 2.21 bits per heavy atom. The highest BCUT2D eigenvalue weighted by Gasteiger charge is 2.42. The lowest BCUT2D eigenvalue weighted by atomic mass is 10.1. The number of nitrogen functional groups attached to an aromatic ring is 1. The third-order valence-corrected chi connectivity index (χ3v) is 3.29. The van der Waals surface area contributed by atoms with E-state index in [-0.39, 0.29) is 35.2 Å². The Labute approximate surface area is 109 Å². The lowest BCUT2D eigenvalue weighted by Crippen LogP contribution is -2.21. The van der Waals surface area contributed by atoms with E-state index < -0.39 is 4.92 Å². The minimum atomic E-state index is -0.531. The van der Waals surface area contributed by atoms with Crippen LogP contribution in [0.4, 0.5) is 17.5 Å². The number of hydrogen-bond acceptors (Lipinski definition) is 8. The Morgan fingerprint density at radius 1 is 1.53 bits per heavy atom. The van der Waals surface area contributed by atoms with Crippen LogP contribution in [0.25, 0.3) is 0 Å². The monoisotopic (exact) mass is 268 g/mol. The molecule has 9 heteroatoms. The molecule has 1 saturated carbocycles. The maximum Gasteiger partial charge on any atom is 0.332 e. The molecule has 5 N–H and O–H groups in total. The van der Waals surface area contributed by atoms with Crippen LogP contribution in [0, 0.1) is 22.5 Å². The van der Waals surface area contributed by atoms with Gasteiger partial charge in [0.05, 0.1) is 11.5 Å². The van der Waals surface area contributed by atoms with Gasteiger partial charge in [0.1, 0.15) is 5.69 Å². The molecule has 2 rings (SSSR count). The summed E-state index contributed by atoms with van der Waals surface area (Å²) >= 11 is 0. The third-order valence-electron chi connectivity index (χ3n) is 3.29. The van der Waals surface area contributed by atoms with Crippen molar-refractivity contribution in [2.75, 3.05) is 23.9 Å². The summed E-state index contributed by atoms with van der Waals surface area (Å²) in [6, 6.07) is 0. The van der Waals surface area contributed by atoms with Crippen molar-refractivity contribution in [2.24, 2.45) is 11.3 Å². The van der Waals surface area contributed by atoms with Gasteiger partial charge >= 0.3 is 5.69 Å². The fourth-order valence-electron chi connectivity index (χ4n) is 1.81. The van der Waals surface area contributed by atoms with Crippen LogP contribution in [-0.2, 0) is 0 Å². The van der Waals surface area contributed by atoms with Crippen LogP contribution in [0.1, 0.15) is 18.5 Å². The van der Waals surface area contributed by atoms with Gasteiger partial charge in [-0.3, -0.25) is 15.5 Å². The van der Waals surface area contributed by atoms with Crippen molar-refractivity contribution in [1.82, 2.24) is 9.97 Å². The van der Waals surface area contributed by atoms with E-state index in [1.165, 1.54) is 6.92 Å². The number of nitro groups is 1. The summed E-state index contributed by atoms with van der Waals surface area (Å²) < 4.78 is 0. The number of hydrazine groups is 1. The summed E-state index contributed by atoms with van der Waals surface area (Å²) in [5.41, 5.74) is 2.14. The van der Waals surface area contributed by atoms with E-state index in [1.807, 2.05) is 0 Å². The molecule has 0 aromatic carbocycles. The second-order valence-electron chi connectivity index (χ2n) is 4.74. The number of anilines is 2. The Balaban J connectivity index is 2.26. The fraction of sp³-hybridized carbons (Fsp3) is 0.600. The zero-order valence-electron chi connectivity index (χ0n) is 10.5. The number of aromatic nitrogens is 2. The van der Waals surface area contributed by atoms with Gasteiger partial charge in [0.15, 0.2) is 0 Å². The number of aliphatic hydroxyl groups excluding tert-OH is 1. The molecule has 104 valence electrons. The molecule has 1 aliphatic carbocycles. The van der Waals surface area contributed by atoms with Gasteiger partial charge in [-0.2, -0.15) is 4.98 Å². The second-order valence-corrected chi connectivity index (χ2v) is 4.74. The summed E-state index contributed by atoms with van der Waals surface area (Å²) in [4.78, 5) is 18.3. The molecule has 1 aromatic heterocycles. The molecule has 0 atom stereocenters. The first kappa shape index (κ1) is 13.4. The first-order valence-electron chi connectivity index (χ1n) is 5.86. The highest BCUT2D eigenvalue weighted by Crippen LogP contribution is 2.45. The minimum absolute atomic E-state index is 0.0554. The molecular weight excluding hydrogens is 252 g/mol. The topological polar surface area (TPSA) is 139 Å². The van der Waals surface area contributed by atoms with Gasteiger partial charge in [0.25, 0.3) is 0 Å². The first-order chi connectivity index (χ1) is 9.01. The molecule has 19 heavy (non-hydrogen) atoms. The maximum atomic E-state index is 11.0. The van der Waals surface area contributed by atoms with Crippen LogP contribution in [0.5, 0.6) is 0 Å². The summed E-state index contributed by atoms with van der Waals surface area (Å²) in [6.07, 6.45) is 1.80. The molecule has 1 aromatic rings. The summed E-state index contributed by atoms with van der Waals surface area (Å²) in [6.45, 7) is 2.01. The van der Waals surface area contributed by atoms with E-state index in [2.05, 4.69) is 20.7 Å². The lowest BCUT2D eigenvalue weighted by Gasteiger charge is -2.14. The number of rotatable bonds is 6. The average molecular weight is 268 g/mol. The largest absolute Gasteiger partial charge is 0.396 e. The standard InChI is InChI=1S/C10H16N6O3/c1-6-7(16(18)19)8(14-9(13-6)15-11)12-4-10(5-17)2-3-10/h17H,2-5,11H2,1H3,(H2,12,13,14,15). The molecule has 1 heterocycles. The van der Waals surface area contributed by atoms with E-state index in [1.54, 1.807) is 0 Å². The summed E-state index contributed by atoms with van der Waals surface area (Å²) in [5, 5.41) is 23.2. The van der Waals surface area contributed by atoms with Gasteiger partial charge in [-0.25, -0.2) is 10.8 Å². The summed E-state index contributed by atoms with van der Waals surface area (Å²) in [5.74, 6) is 5.45. The second kappa shape index (κ2) is 4.94. The fourth-order valence-corrected chi connectivity index (χ4v) is 1.81. The Morgan fingerprint density at radius 3 is 2.68 bits per heavy atom. The van der Waals surface area contributed by atoms with Gasteiger partial charge in [0.2, 0.25) is 11.8 Å². The van der Waals surface area contributed by atoms with Crippen LogP contribution in [0.15, 0.2) is 0 Å². The van der Waals surface area contributed by atoms with E-state index >= 15 is 0 Å². The predicted octanol–water partition coefficient (Wildman–Crippen LogP) is 0.163. The van der Waals surface area contributed by atoms with Gasteiger partial charge in [-0.1, -0.05) is 0 Å². The van der Waals surface area contributed by atoms with E-state index in [4.69, 9.17) is 5.84 Å². The number of aryl methyl sites for hydroxylation is 1. The van der Waals surface area contributed by atoms with Crippen molar-refractivity contribution in [2.45, 2.75) is 19.8 Å². The number of nitrogens with two attached hydrogens (primary N) is 1. The van der Waals surface area contributed by atoms with E-state index in [0.717, 1.165) is 12.8 Å². The number of hydrogen-bond donors (Lipinski definition) is 4. The molecule has 9 nitrogen and oxygen atoms in total. The molecule has 1 fully saturated rings. The highest BCUT2D eigenvalue weighted by molar-refractivity contribution is 5.60. The predicted molar refractivity (Wildman–Crippen MR) is 68.5 cm³/mol. The van der Waals surface area contributed by atoms with E-state index in [9.17, 15) is 15.2 Å². The molecule has 0 bridgehead atoms. The Bertz CT molecular complexity index is 502. The van der Waals surface area contributed by atoms with Crippen molar-refractivity contribution >= 4 is 17.5 Å². The average Bonchev–Trinajstić information content (AvgIpc) is 3.15. The van der Waals surface area contributed by atoms with E-state index in [0.29, 0.717) is 6.54 Å². The van der Waals surface area contributed by atoms with Crippen molar-refractivity contribution < 1.29 is 10.0 Å². The lowest BCUT2D eigenvalue weighted by molar-refractivity contribution is -0.385. The quantitative estimate of drug-likeness (QED) is 0.325. The zero-order valence-corrected chi connectivity index (χ0v) is 10.5. The molecule has 0 unspecified atom stereocenters. The number of aliphatic hydroxyl groups is 1. The van der Waals surface area contributed by atoms with Crippen LogP contribution >= 0.6 is 0 Å². The van der Waals surface area contributed by atoms with Crippen molar-refractivity contribution in [3.8, 4) is 0 Å². The molecule has 0 spiro atoms. The Hall–Kier alpha value is -2.00.